The molecular weight excluding hydrogens is 316 g/mol. The van der Waals surface area contributed by atoms with Crippen molar-refractivity contribution in [1.82, 2.24) is 19.6 Å². The summed E-state index contributed by atoms with van der Waals surface area (Å²) in [6.45, 7) is 1.94. The van der Waals surface area contributed by atoms with E-state index in [1.807, 2.05) is 43.3 Å². The normalized spacial score (nSPS) is 11.0. The Balaban J connectivity index is 1.97. The predicted octanol–water partition coefficient (Wildman–Crippen LogP) is 3.07. The Hall–Kier alpha value is -3.41. The van der Waals surface area contributed by atoms with Crippen molar-refractivity contribution in [1.29, 1.82) is 0 Å². The summed E-state index contributed by atoms with van der Waals surface area (Å²) in [6, 6.07) is 12.9. The van der Waals surface area contributed by atoms with E-state index in [2.05, 4.69) is 15.1 Å². The van der Waals surface area contributed by atoms with E-state index >= 15 is 0 Å². The van der Waals surface area contributed by atoms with Crippen LogP contribution in [0.25, 0.3) is 28.2 Å². The first-order valence-electron chi connectivity index (χ1n) is 7.85. The third-order valence-electron chi connectivity index (χ3n) is 4.19. The van der Waals surface area contributed by atoms with Gasteiger partial charge in [-0.05, 0) is 31.2 Å². The summed E-state index contributed by atoms with van der Waals surface area (Å²) in [4.78, 5) is 21.3. The highest BCUT2D eigenvalue weighted by molar-refractivity contribution is 5.75. The van der Waals surface area contributed by atoms with E-state index in [1.165, 1.54) is 10.6 Å². The maximum Gasteiger partial charge on any atom is 0.273 e. The van der Waals surface area contributed by atoms with Gasteiger partial charge < -0.3 is 4.74 Å². The lowest BCUT2D eigenvalue weighted by Crippen LogP contribution is -2.14. The molecule has 1 N–H and O–H groups in total. The second-order valence-corrected chi connectivity index (χ2v) is 5.69. The van der Waals surface area contributed by atoms with Crippen LogP contribution in [0.2, 0.25) is 0 Å². The third-order valence-corrected chi connectivity index (χ3v) is 4.19. The van der Waals surface area contributed by atoms with Crippen molar-refractivity contribution in [2.45, 2.75) is 6.92 Å². The van der Waals surface area contributed by atoms with Crippen LogP contribution in [0.4, 0.5) is 0 Å². The fourth-order valence-electron chi connectivity index (χ4n) is 2.92. The predicted molar refractivity (Wildman–Crippen MR) is 95.8 cm³/mol. The van der Waals surface area contributed by atoms with E-state index < -0.39 is 0 Å². The van der Waals surface area contributed by atoms with Crippen molar-refractivity contribution < 1.29 is 4.74 Å². The standard InChI is InChI=1S/C19H16N4O2/c1-12-18(14-7-3-4-8-16(14)25-2)22-23-17(24)10-15(21-19(12)23)13-6-5-9-20-11-13/h3-11,22H,1-2H3. The van der Waals surface area contributed by atoms with Gasteiger partial charge in [-0.2, -0.15) is 0 Å². The number of hydrogen-bond acceptors (Lipinski definition) is 4. The number of para-hydroxylation sites is 1. The first-order valence-corrected chi connectivity index (χ1v) is 7.85. The first kappa shape index (κ1) is 15.1. The number of rotatable bonds is 3. The lowest BCUT2D eigenvalue weighted by Gasteiger charge is -2.06. The lowest BCUT2D eigenvalue weighted by atomic mass is 10.1. The Kier molecular flexibility index (Phi) is 3.57. The fraction of sp³-hybridized carbons (Fsp3) is 0.105. The molecular formula is C19H16N4O2. The van der Waals surface area contributed by atoms with Crippen molar-refractivity contribution in [3.8, 4) is 28.3 Å². The molecule has 0 atom stereocenters. The fourth-order valence-corrected chi connectivity index (χ4v) is 2.92. The molecule has 3 aromatic heterocycles. The Morgan fingerprint density at radius 2 is 2.00 bits per heavy atom. The zero-order valence-corrected chi connectivity index (χ0v) is 13.9. The van der Waals surface area contributed by atoms with E-state index in [4.69, 9.17) is 4.74 Å². The molecule has 0 bridgehead atoms. The molecule has 0 radical (unpaired) electrons. The van der Waals surface area contributed by atoms with E-state index in [9.17, 15) is 4.79 Å². The van der Waals surface area contributed by atoms with Crippen molar-refractivity contribution in [3.63, 3.8) is 0 Å². The molecule has 0 fully saturated rings. The van der Waals surface area contributed by atoms with Gasteiger partial charge in [-0.3, -0.25) is 14.9 Å². The number of aromatic nitrogens is 4. The minimum absolute atomic E-state index is 0.173. The molecule has 0 aliphatic rings. The molecule has 6 heteroatoms. The maximum absolute atomic E-state index is 12.6. The summed E-state index contributed by atoms with van der Waals surface area (Å²) in [6.07, 6.45) is 3.39. The summed E-state index contributed by atoms with van der Waals surface area (Å²) in [5.74, 6) is 0.734. The number of nitrogens with one attached hydrogen (secondary N) is 1. The van der Waals surface area contributed by atoms with Gasteiger partial charge >= 0.3 is 0 Å². The van der Waals surface area contributed by atoms with Crippen LogP contribution in [0.1, 0.15) is 5.56 Å². The van der Waals surface area contributed by atoms with Crippen molar-refractivity contribution in [2.24, 2.45) is 0 Å². The number of H-pyrrole nitrogens is 1. The van der Waals surface area contributed by atoms with E-state index in [-0.39, 0.29) is 5.56 Å². The second-order valence-electron chi connectivity index (χ2n) is 5.69. The topological polar surface area (TPSA) is 72.3 Å². The van der Waals surface area contributed by atoms with Crippen LogP contribution in [0.3, 0.4) is 0 Å². The van der Waals surface area contributed by atoms with Gasteiger partial charge in [-0.15, -0.1) is 0 Å². The van der Waals surface area contributed by atoms with Crippen LogP contribution < -0.4 is 10.3 Å². The first-order chi connectivity index (χ1) is 12.2. The van der Waals surface area contributed by atoms with Gasteiger partial charge in [0.2, 0.25) is 0 Å². The maximum atomic E-state index is 12.6. The molecule has 6 nitrogen and oxygen atoms in total. The number of aryl methyl sites for hydroxylation is 1. The van der Waals surface area contributed by atoms with Gasteiger partial charge in [-0.1, -0.05) is 12.1 Å². The molecule has 0 saturated carbocycles. The zero-order chi connectivity index (χ0) is 17.4. The van der Waals surface area contributed by atoms with Crippen LogP contribution >= 0.6 is 0 Å². The molecule has 0 saturated heterocycles. The van der Waals surface area contributed by atoms with Gasteiger partial charge in [0.1, 0.15) is 5.75 Å². The number of methoxy groups -OCH3 is 1. The smallest absolute Gasteiger partial charge is 0.273 e. The van der Waals surface area contributed by atoms with Gasteiger partial charge in [0.15, 0.2) is 5.65 Å². The molecule has 0 unspecified atom stereocenters. The summed E-state index contributed by atoms with van der Waals surface area (Å²) >= 11 is 0. The average Bonchev–Trinajstić information content (AvgIpc) is 3.00. The van der Waals surface area contributed by atoms with E-state index in [0.717, 1.165) is 28.1 Å². The number of benzene rings is 1. The Labute approximate surface area is 143 Å². The van der Waals surface area contributed by atoms with E-state index in [0.29, 0.717) is 11.3 Å². The number of ether oxygens (including phenoxy) is 1. The summed E-state index contributed by atoms with van der Waals surface area (Å²) < 4.78 is 6.89. The molecule has 0 spiro atoms. The van der Waals surface area contributed by atoms with Gasteiger partial charge in [0, 0.05) is 35.2 Å². The highest BCUT2D eigenvalue weighted by Crippen LogP contribution is 2.32. The van der Waals surface area contributed by atoms with Crippen LogP contribution in [0, 0.1) is 6.92 Å². The second kappa shape index (κ2) is 5.90. The van der Waals surface area contributed by atoms with Gasteiger partial charge in [0.05, 0.1) is 18.5 Å². The lowest BCUT2D eigenvalue weighted by molar-refractivity contribution is 0.416. The van der Waals surface area contributed by atoms with Crippen LogP contribution in [0.15, 0.2) is 59.7 Å². The highest BCUT2D eigenvalue weighted by atomic mass is 16.5. The highest BCUT2D eigenvalue weighted by Gasteiger charge is 2.16. The number of aromatic amines is 1. The Morgan fingerprint density at radius 1 is 1.16 bits per heavy atom. The largest absolute Gasteiger partial charge is 0.496 e. The molecule has 1 aromatic carbocycles. The molecule has 3 heterocycles. The summed E-state index contributed by atoms with van der Waals surface area (Å²) in [5, 5.41) is 3.15. The molecule has 0 amide bonds. The molecule has 4 aromatic rings. The molecule has 4 rings (SSSR count). The SMILES string of the molecule is COc1ccccc1-c1[nH]n2c(=O)cc(-c3cccnc3)nc2c1C. The number of hydrogen-bond donors (Lipinski definition) is 1. The minimum Gasteiger partial charge on any atom is -0.496 e. The summed E-state index contributed by atoms with van der Waals surface area (Å²) in [5.41, 5.74) is 4.40. The average molecular weight is 332 g/mol. The van der Waals surface area contributed by atoms with Crippen LogP contribution in [-0.2, 0) is 0 Å². The quantitative estimate of drug-likeness (QED) is 0.626. The van der Waals surface area contributed by atoms with Crippen molar-refractivity contribution in [2.75, 3.05) is 7.11 Å². The number of fused-ring (bicyclic) bond motifs is 1. The Bertz CT molecular complexity index is 1110. The van der Waals surface area contributed by atoms with Crippen molar-refractivity contribution >= 4 is 5.65 Å². The monoisotopic (exact) mass is 332 g/mol. The van der Waals surface area contributed by atoms with E-state index in [1.54, 1.807) is 19.5 Å². The van der Waals surface area contributed by atoms with Gasteiger partial charge in [0.25, 0.3) is 5.56 Å². The van der Waals surface area contributed by atoms with Gasteiger partial charge in [-0.25, -0.2) is 9.50 Å². The molecule has 0 aliphatic heterocycles. The zero-order valence-electron chi connectivity index (χ0n) is 13.9. The Morgan fingerprint density at radius 3 is 2.76 bits per heavy atom. The third kappa shape index (κ3) is 2.48. The number of nitrogens with zero attached hydrogens (tertiary/aromatic N) is 3. The number of pyridine rings is 1. The molecule has 25 heavy (non-hydrogen) atoms. The minimum atomic E-state index is -0.173. The molecule has 124 valence electrons. The van der Waals surface area contributed by atoms with Crippen molar-refractivity contribution in [3.05, 3.63) is 70.8 Å². The molecule has 0 aliphatic carbocycles. The van der Waals surface area contributed by atoms with Crippen LogP contribution in [-0.4, -0.2) is 26.7 Å². The van der Waals surface area contributed by atoms with Crippen LogP contribution in [0.5, 0.6) is 5.75 Å². The summed E-state index contributed by atoms with van der Waals surface area (Å²) in [7, 11) is 1.63.